The van der Waals surface area contributed by atoms with Gasteiger partial charge in [0.15, 0.2) is 5.92 Å². The molecule has 0 radical (unpaired) electrons. The summed E-state index contributed by atoms with van der Waals surface area (Å²) in [6, 6.07) is 4.38. The van der Waals surface area contributed by atoms with Gasteiger partial charge in [-0.3, -0.25) is 0 Å². The lowest BCUT2D eigenvalue weighted by molar-refractivity contribution is -0.155. The normalized spacial score (nSPS) is 12.9. The van der Waals surface area contributed by atoms with Crippen molar-refractivity contribution < 1.29 is 17.6 Å². The fourth-order valence-electron chi connectivity index (χ4n) is 1.08. The van der Waals surface area contributed by atoms with Gasteiger partial charge in [-0.05, 0) is 18.2 Å². The van der Waals surface area contributed by atoms with Crippen molar-refractivity contribution in [3.63, 3.8) is 0 Å². The number of nitriles is 1. The fraction of sp³-hybridized carbons (Fsp3) is 0.300. The van der Waals surface area contributed by atoms with Crippen LogP contribution < -0.4 is 5.32 Å². The second-order valence-corrected chi connectivity index (χ2v) is 3.64. The molecule has 0 fully saturated rings. The third-order valence-electron chi connectivity index (χ3n) is 1.98. The lowest BCUT2D eigenvalue weighted by Gasteiger charge is -2.15. The van der Waals surface area contributed by atoms with E-state index in [1.54, 1.807) is 0 Å². The van der Waals surface area contributed by atoms with Crippen LogP contribution in [0.5, 0.6) is 0 Å². The topological polar surface area (TPSA) is 35.8 Å². The van der Waals surface area contributed by atoms with Gasteiger partial charge in [-0.25, -0.2) is 4.39 Å². The number of rotatable bonds is 3. The second-order valence-electron chi connectivity index (χ2n) is 3.23. The van der Waals surface area contributed by atoms with Gasteiger partial charge < -0.3 is 5.32 Å². The minimum absolute atomic E-state index is 0.0381. The van der Waals surface area contributed by atoms with Gasteiger partial charge in [0.2, 0.25) is 0 Å². The van der Waals surface area contributed by atoms with Crippen molar-refractivity contribution in [2.45, 2.75) is 6.18 Å². The van der Waals surface area contributed by atoms with E-state index in [1.165, 1.54) is 6.07 Å². The molecule has 0 aliphatic rings. The predicted molar refractivity (Wildman–Crippen MR) is 55.1 cm³/mol. The molecule has 0 bridgehead atoms. The molecule has 0 aliphatic heterocycles. The van der Waals surface area contributed by atoms with Gasteiger partial charge in [-0.1, -0.05) is 11.6 Å². The van der Waals surface area contributed by atoms with Crippen LogP contribution in [-0.4, -0.2) is 12.7 Å². The molecule has 0 aliphatic carbocycles. The van der Waals surface area contributed by atoms with E-state index in [4.69, 9.17) is 16.9 Å². The zero-order valence-corrected chi connectivity index (χ0v) is 9.11. The van der Waals surface area contributed by atoms with E-state index >= 15 is 0 Å². The molecule has 0 saturated carbocycles. The highest BCUT2D eigenvalue weighted by Crippen LogP contribution is 2.27. The summed E-state index contributed by atoms with van der Waals surface area (Å²) in [4.78, 5) is 0. The van der Waals surface area contributed by atoms with Crippen molar-refractivity contribution in [3.05, 3.63) is 29.0 Å². The molecule has 1 aromatic rings. The van der Waals surface area contributed by atoms with Crippen LogP contribution >= 0.6 is 11.6 Å². The van der Waals surface area contributed by atoms with E-state index in [2.05, 4.69) is 5.32 Å². The third kappa shape index (κ3) is 3.79. The molecular formula is C10H7ClF4N2. The Hall–Kier alpha value is -1.48. The predicted octanol–water partition coefficient (Wildman–Crippen LogP) is 3.59. The molecule has 0 saturated heterocycles. The van der Waals surface area contributed by atoms with Crippen LogP contribution in [0.25, 0.3) is 0 Å². The maximum atomic E-state index is 12.7. The number of nitrogens with one attached hydrogen (secondary N) is 1. The first-order chi connectivity index (χ1) is 7.84. The van der Waals surface area contributed by atoms with Gasteiger partial charge in [0, 0.05) is 6.54 Å². The van der Waals surface area contributed by atoms with Gasteiger partial charge in [0.25, 0.3) is 0 Å². The lowest BCUT2D eigenvalue weighted by atomic mass is 10.1. The summed E-state index contributed by atoms with van der Waals surface area (Å²) in [7, 11) is 0. The van der Waals surface area contributed by atoms with Crippen molar-refractivity contribution in [2.75, 3.05) is 11.9 Å². The highest BCUT2D eigenvalue weighted by Gasteiger charge is 2.39. The van der Waals surface area contributed by atoms with Crippen LogP contribution in [0.4, 0.5) is 23.2 Å². The van der Waals surface area contributed by atoms with Gasteiger partial charge >= 0.3 is 6.18 Å². The number of hydrogen-bond acceptors (Lipinski definition) is 2. The standard InChI is InChI=1S/C10H7ClF4N2/c11-8-3-7(12)1-2-9(8)17-5-6(4-16)10(13,14)15/h1-3,6,17H,5H2. The number of nitrogens with zero attached hydrogens (tertiary/aromatic N) is 1. The Bertz CT molecular complexity index is 439. The van der Waals surface area contributed by atoms with Crippen molar-refractivity contribution >= 4 is 17.3 Å². The Kier molecular flexibility index (Phi) is 4.18. The summed E-state index contributed by atoms with van der Waals surface area (Å²) < 4.78 is 49.4. The zero-order chi connectivity index (χ0) is 13.1. The number of hydrogen-bond donors (Lipinski definition) is 1. The first-order valence-corrected chi connectivity index (χ1v) is 4.87. The first kappa shape index (κ1) is 13.6. The minimum Gasteiger partial charge on any atom is -0.382 e. The lowest BCUT2D eigenvalue weighted by Crippen LogP contribution is -2.28. The van der Waals surface area contributed by atoms with E-state index in [-0.39, 0.29) is 10.7 Å². The monoisotopic (exact) mass is 266 g/mol. The summed E-state index contributed by atoms with van der Waals surface area (Å²) in [6.07, 6.45) is -4.60. The summed E-state index contributed by atoms with van der Waals surface area (Å²) in [5.41, 5.74) is 0.151. The summed E-state index contributed by atoms with van der Waals surface area (Å²) in [5, 5.41) is 10.7. The molecule has 92 valence electrons. The average Bonchev–Trinajstić information content (AvgIpc) is 2.19. The molecule has 0 heterocycles. The van der Waals surface area contributed by atoms with Crippen LogP contribution in [0.3, 0.4) is 0 Å². The van der Waals surface area contributed by atoms with Crippen molar-refractivity contribution in [2.24, 2.45) is 5.92 Å². The fourth-order valence-corrected chi connectivity index (χ4v) is 1.31. The molecule has 1 aromatic carbocycles. The molecule has 0 amide bonds. The maximum Gasteiger partial charge on any atom is 0.406 e. The van der Waals surface area contributed by atoms with Crippen molar-refractivity contribution in [1.29, 1.82) is 5.26 Å². The molecule has 1 atom stereocenters. The quantitative estimate of drug-likeness (QED) is 0.849. The SMILES string of the molecule is N#CC(CNc1ccc(F)cc1Cl)C(F)(F)F. The largest absolute Gasteiger partial charge is 0.406 e. The van der Waals surface area contributed by atoms with Gasteiger partial charge in [-0.15, -0.1) is 0 Å². The van der Waals surface area contributed by atoms with E-state index in [0.717, 1.165) is 18.2 Å². The number of anilines is 1. The van der Waals surface area contributed by atoms with Gasteiger partial charge in [-0.2, -0.15) is 18.4 Å². The highest BCUT2D eigenvalue weighted by atomic mass is 35.5. The molecule has 2 nitrogen and oxygen atoms in total. The Morgan fingerprint density at radius 2 is 2.06 bits per heavy atom. The molecule has 17 heavy (non-hydrogen) atoms. The van der Waals surface area contributed by atoms with Crippen LogP contribution in [0.15, 0.2) is 18.2 Å². The minimum atomic E-state index is -4.60. The van der Waals surface area contributed by atoms with Crippen LogP contribution in [0.2, 0.25) is 5.02 Å². The second kappa shape index (κ2) is 5.23. The molecule has 1 unspecified atom stereocenters. The number of alkyl halides is 3. The van der Waals surface area contributed by atoms with Gasteiger partial charge in [0.05, 0.1) is 16.8 Å². The summed E-state index contributed by atoms with van der Waals surface area (Å²) >= 11 is 5.60. The summed E-state index contributed by atoms with van der Waals surface area (Å²) in [6.45, 7) is -0.634. The molecule has 0 spiro atoms. The Labute approximate surface area is 99.8 Å². The zero-order valence-electron chi connectivity index (χ0n) is 8.35. The van der Waals surface area contributed by atoms with E-state index in [1.807, 2.05) is 0 Å². The van der Waals surface area contributed by atoms with Crippen molar-refractivity contribution in [1.82, 2.24) is 0 Å². The van der Waals surface area contributed by atoms with E-state index < -0.39 is 24.5 Å². The molecule has 0 aromatic heterocycles. The number of halogens is 5. The van der Waals surface area contributed by atoms with Gasteiger partial charge in [0.1, 0.15) is 5.82 Å². The Balaban J connectivity index is 2.71. The van der Waals surface area contributed by atoms with E-state index in [9.17, 15) is 17.6 Å². The highest BCUT2D eigenvalue weighted by molar-refractivity contribution is 6.33. The third-order valence-corrected chi connectivity index (χ3v) is 2.29. The van der Waals surface area contributed by atoms with Crippen LogP contribution in [-0.2, 0) is 0 Å². The maximum absolute atomic E-state index is 12.7. The molecular weight excluding hydrogens is 260 g/mol. The number of benzene rings is 1. The average molecular weight is 267 g/mol. The Morgan fingerprint density at radius 3 is 2.53 bits per heavy atom. The Morgan fingerprint density at radius 1 is 1.41 bits per heavy atom. The molecule has 7 heteroatoms. The molecule has 1 rings (SSSR count). The van der Waals surface area contributed by atoms with Crippen molar-refractivity contribution in [3.8, 4) is 6.07 Å². The smallest absolute Gasteiger partial charge is 0.382 e. The first-order valence-electron chi connectivity index (χ1n) is 4.50. The molecule has 1 N–H and O–H groups in total. The van der Waals surface area contributed by atoms with Crippen LogP contribution in [0.1, 0.15) is 0 Å². The summed E-state index contributed by atoms with van der Waals surface area (Å²) in [5.74, 6) is -2.73. The van der Waals surface area contributed by atoms with E-state index in [0.29, 0.717) is 0 Å². The van der Waals surface area contributed by atoms with Crippen LogP contribution in [0, 0.1) is 23.1 Å².